The summed E-state index contributed by atoms with van der Waals surface area (Å²) >= 11 is 0. The van der Waals surface area contributed by atoms with E-state index in [1.807, 2.05) is 19.1 Å². The van der Waals surface area contributed by atoms with Gasteiger partial charge in [0.1, 0.15) is 0 Å². The molecule has 1 aromatic heterocycles. The Hall–Kier alpha value is -1.64. The van der Waals surface area contributed by atoms with Crippen molar-refractivity contribution in [1.82, 2.24) is 9.97 Å². The fraction of sp³-hybridized carbons (Fsp3) is 0.111. The average Bonchev–Trinajstić information content (AvgIpc) is 2.03. The first kappa shape index (κ1) is 8.46. The van der Waals surface area contributed by atoms with Gasteiger partial charge < -0.3 is 4.98 Å². The van der Waals surface area contributed by atoms with Crippen LogP contribution in [0.4, 0.5) is 0 Å². The Kier molecular flexibility index (Phi) is 2.58. The van der Waals surface area contributed by atoms with Gasteiger partial charge in [-0.25, -0.2) is 4.98 Å². The van der Waals surface area contributed by atoms with Crippen molar-refractivity contribution in [2.45, 2.75) is 6.92 Å². The molecule has 0 aromatic carbocycles. The van der Waals surface area contributed by atoms with E-state index in [1.54, 1.807) is 6.08 Å². The summed E-state index contributed by atoms with van der Waals surface area (Å²) in [6.45, 7) is 5.56. The minimum absolute atomic E-state index is 0.224. The lowest BCUT2D eigenvalue weighted by Crippen LogP contribution is -2.35. The van der Waals surface area contributed by atoms with Crippen LogP contribution in [0.2, 0.25) is 0 Å². The number of aromatic nitrogens is 2. The molecule has 3 nitrogen and oxygen atoms in total. The molecule has 0 bridgehead atoms. The van der Waals surface area contributed by atoms with Crippen molar-refractivity contribution in [2.75, 3.05) is 0 Å². The van der Waals surface area contributed by atoms with Crippen LogP contribution in [0.1, 0.15) is 6.92 Å². The number of aromatic amines is 1. The predicted octanol–water partition coefficient (Wildman–Crippen LogP) is -0.463. The molecular formula is C9H10N2O. The van der Waals surface area contributed by atoms with E-state index in [0.29, 0.717) is 10.7 Å². The second-order valence-corrected chi connectivity index (χ2v) is 2.30. The van der Waals surface area contributed by atoms with E-state index in [2.05, 4.69) is 16.5 Å². The normalized spacial score (nSPS) is 12.6. The van der Waals surface area contributed by atoms with Crippen molar-refractivity contribution in [1.29, 1.82) is 0 Å². The average molecular weight is 162 g/mol. The summed E-state index contributed by atoms with van der Waals surface area (Å²) in [7, 11) is 0. The highest BCUT2D eigenvalue weighted by Gasteiger charge is 1.83. The van der Waals surface area contributed by atoms with Gasteiger partial charge in [-0.05, 0) is 13.0 Å². The SMILES string of the molecule is C=c1[nH]c(=O)cn/c1=C/C=C\C. The molecule has 0 aliphatic carbocycles. The van der Waals surface area contributed by atoms with E-state index in [-0.39, 0.29) is 5.56 Å². The highest BCUT2D eigenvalue weighted by atomic mass is 16.1. The summed E-state index contributed by atoms with van der Waals surface area (Å²) in [4.78, 5) is 17.2. The van der Waals surface area contributed by atoms with E-state index in [1.165, 1.54) is 6.20 Å². The highest BCUT2D eigenvalue weighted by molar-refractivity contribution is 5.33. The summed E-state index contributed by atoms with van der Waals surface area (Å²) < 4.78 is 0. The van der Waals surface area contributed by atoms with Gasteiger partial charge in [-0.15, -0.1) is 0 Å². The molecule has 0 radical (unpaired) electrons. The van der Waals surface area contributed by atoms with E-state index in [9.17, 15) is 4.79 Å². The third-order valence-corrected chi connectivity index (χ3v) is 1.35. The molecule has 0 atom stereocenters. The molecule has 0 unspecified atom stereocenters. The molecule has 0 fully saturated rings. The van der Waals surface area contributed by atoms with Crippen molar-refractivity contribution >= 4 is 12.7 Å². The maximum absolute atomic E-state index is 10.7. The zero-order valence-electron chi connectivity index (χ0n) is 6.87. The summed E-state index contributed by atoms with van der Waals surface area (Å²) in [6.07, 6.45) is 6.75. The minimum Gasteiger partial charge on any atom is -0.320 e. The minimum atomic E-state index is -0.224. The molecule has 12 heavy (non-hydrogen) atoms. The molecular weight excluding hydrogens is 152 g/mol. The summed E-state index contributed by atoms with van der Waals surface area (Å²) in [5, 5.41) is 1.23. The Labute approximate surface area is 69.8 Å². The third-order valence-electron chi connectivity index (χ3n) is 1.35. The van der Waals surface area contributed by atoms with Crippen molar-refractivity contribution in [3.8, 4) is 0 Å². The maximum atomic E-state index is 10.7. The van der Waals surface area contributed by atoms with E-state index in [0.717, 1.165) is 0 Å². The molecule has 1 aromatic rings. The Bertz CT molecular complexity index is 442. The molecule has 0 amide bonds. The Balaban J connectivity index is 3.37. The van der Waals surface area contributed by atoms with Crippen molar-refractivity contribution in [3.05, 3.63) is 39.4 Å². The van der Waals surface area contributed by atoms with E-state index >= 15 is 0 Å². The van der Waals surface area contributed by atoms with Gasteiger partial charge in [0.2, 0.25) is 0 Å². The van der Waals surface area contributed by atoms with Crippen LogP contribution in [0, 0.1) is 0 Å². The third kappa shape index (κ3) is 1.92. The van der Waals surface area contributed by atoms with Gasteiger partial charge in [-0.3, -0.25) is 4.79 Å². The fourth-order valence-corrected chi connectivity index (χ4v) is 0.782. The fourth-order valence-electron chi connectivity index (χ4n) is 0.782. The maximum Gasteiger partial charge on any atom is 0.266 e. The van der Waals surface area contributed by atoms with E-state index < -0.39 is 0 Å². The molecule has 0 aliphatic heterocycles. The van der Waals surface area contributed by atoms with Gasteiger partial charge in [-0.2, -0.15) is 0 Å². The van der Waals surface area contributed by atoms with Crippen molar-refractivity contribution < 1.29 is 0 Å². The van der Waals surface area contributed by atoms with Crippen molar-refractivity contribution in [3.63, 3.8) is 0 Å². The number of allylic oxidation sites excluding steroid dienone is 2. The van der Waals surface area contributed by atoms with Gasteiger partial charge in [0.15, 0.2) is 0 Å². The Morgan fingerprint density at radius 2 is 2.42 bits per heavy atom. The molecule has 62 valence electrons. The predicted molar refractivity (Wildman–Crippen MR) is 48.9 cm³/mol. The lowest BCUT2D eigenvalue weighted by Gasteiger charge is -1.84. The number of hydrogen-bond donors (Lipinski definition) is 1. The van der Waals surface area contributed by atoms with Gasteiger partial charge >= 0.3 is 0 Å². The first-order chi connectivity index (χ1) is 5.74. The van der Waals surface area contributed by atoms with Gasteiger partial charge in [0.25, 0.3) is 5.56 Å². The summed E-state index contributed by atoms with van der Waals surface area (Å²) in [5.41, 5.74) is -0.224. The van der Waals surface area contributed by atoms with Gasteiger partial charge in [0, 0.05) is 0 Å². The monoisotopic (exact) mass is 162 g/mol. The molecule has 0 spiro atoms. The number of nitrogens with one attached hydrogen (secondary N) is 1. The zero-order chi connectivity index (χ0) is 8.97. The Morgan fingerprint density at radius 1 is 1.67 bits per heavy atom. The molecule has 0 saturated heterocycles. The lowest BCUT2D eigenvalue weighted by molar-refractivity contribution is 1.05. The Morgan fingerprint density at radius 3 is 3.00 bits per heavy atom. The molecule has 3 heteroatoms. The van der Waals surface area contributed by atoms with Gasteiger partial charge in [-0.1, -0.05) is 18.7 Å². The van der Waals surface area contributed by atoms with Crippen LogP contribution >= 0.6 is 0 Å². The van der Waals surface area contributed by atoms with Gasteiger partial charge in [0.05, 0.1) is 16.9 Å². The first-order valence-corrected chi connectivity index (χ1v) is 3.61. The van der Waals surface area contributed by atoms with Crippen LogP contribution in [0.15, 0.2) is 23.1 Å². The summed E-state index contributed by atoms with van der Waals surface area (Å²) in [5.74, 6) is 0. The summed E-state index contributed by atoms with van der Waals surface area (Å²) in [6, 6.07) is 0. The number of rotatable bonds is 1. The first-order valence-electron chi connectivity index (χ1n) is 3.61. The van der Waals surface area contributed by atoms with Crippen molar-refractivity contribution in [2.24, 2.45) is 0 Å². The second kappa shape index (κ2) is 3.67. The van der Waals surface area contributed by atoms with Crippen LogP contribution in [-0.4, -0.2) is 9.97 Å². The van der Waals surface area contributed by atoms with Crippen LogP contribution < -0.4 is 16.3 Å². The molecule has 1 heterocycles. The largest absolute Gasteiger partial charge is 0.320 e. The molecule has 1 N–H and O–H groups in total. The highest BCUT2D eigenvalue weighted by Crippen LogP contribution is 1.67. The van der Waals surface area contributed by atoms with Crippen LogP contribution in [-0.2, 0) is 0 Å². The number of nitrogens with zero attached hydrogens (tertiary/aromatic N) is 1. The zero-order valence-corrected chi connectivity index (χ0v) is 6.87. The molecule has 0 saturated carbocycles. The second-order valence-electron chi connectivity index (χ2n) is 2.30. The van der Waals surface area contributed by atoms with Crippen LogP contribution in [0.3, 0.4) is 0 Å². The van der Waals surface area contributed by atoms with E-state index in [4.69, 9.17) is 0 Å². The number of H-pyrrole nitrogens is 1. The molecule has 1 rings (SSSR count). The quantitative estimate of drug-likeness (QED) is 0.607. The smallest absolute Gasteiger partial charge is 0.266 e. The molecule has 0 aliphatic rings. The van der Waals surface area contributed by atoms with Crippen LogP contribution in [0.25, 0.3) is 12.7 Å². The van der Waals surface area contributed by atoms with Crippen LogP contribution in [0.5, 0.6) is 0 Å². The standard InChI is InChI=1S/C9H10N2O/c1-3-4-5-8-7(2)11-9(12)6-10-8/h3-6H,2H2,1H3,(H,11,12)/b4-3-,8-5+. The number of hydrogen-bond acceptors (Lipinski definition) is 2. The lowest BCUT2D eigenvalue weighted by atomic mass is 10.4. The topological polar surface area (TPSA) is 45.8 Å².